The van der Waals surface area contributed by atoms with Crippen LogP contribution in [0.5, 0.6) is 0 Å². The van der Waals surface area contributed by atoms with Gasteiger partial charge in [-0.05, 0) is 0 Å². The van der Waals surface area contributed by atoms with E-state index < -0.39 is 41.3 Å². The Morgan fingerprint density at radius 2 is 1.88 bits per heavy atom. The van der Waals surface area contributed by atoms with Gasteiger partial charge in [-0.3, -0.25) is 9.59 Å². The van der Waals surface area contributed by atoms with Crippen LogP contribution in [0, 0.1) is 0 Å². The number of nitrogens with two attached hydrogens (primary N) is 1. The summed E-state index contributed by atoms with van der Waals surface area (Å²) in [5, 5.41) is 8.45. The van der Waals surface area contributed by atoms with Crippen LogP contribution in [0.15, 0.2) is 0 Å². The van der Waals surface area contributed by atoms with E-state index in [1.165, 1.54) is 4.72 Å². The van der Waals surface area contributed by atoms with E-state index in [4.69, 9.17) is 10.8 Å². The van der Waals surface area contributed by atoms with Gasteiger partial charge >= 0.3 is 22.3 Å². The first-order valence-corrected chi connectivity index (χ1v) is 5.49. The van der Waals surface area contributed by atoms with Crippen LogP contribution >= 0.6 is 0 Å². The van der Waals surface area contributed by atoms with Gasteiger partial charge in [0.05, 0.1) is 13.7 Å². The van der Waals surface area contributed by atoms with E-state index in [9.17, 15) is 22.8 Å². The summed E-state index contributed by atoms with van der Waals surface area (Å²) in [5.74, 6) is -2.58. The Bertz CT molecular complexity index is 401. The third-order valence-corrected chi connectivity index (χ3v) is 2.74. The van der Waals surface area contributed by atoms with E-state index in [2.05, 4.69) is 4.74 Å². The van der Waals surface area contributed by atoms with Crippen molar-refractivity contribution in [3.8, 4) is 0 Å². The molecule has 0 bridgehead atoms. The van der Waals surface area contributed by atoms with Crippen molar-refractivity contribution in [1.29, 1.82) is 0 Å². The molecule has 0 rings (SSSR count). The highest BCUT2D eigenvalue weighted by molar-refractivity contribution is 7.87. The number of carboxylic acid groups (broad SMARTS) is 1. The van der Waals surface area contributed by atoms with Crippen LogP contribution in [0.4, 0.5) is 4.79 Å². The molecule has 0 aliphatic carbocycles. The second-order valence-corrected chi connectivity index (χ2v) is 4.40. The van der Waals surface area contributed by atoms with E-state index in [1.807, 2.05) is 0 Å². The Morgan fingerprint density at radius 3 is 2.24 bits per heavy atom. The van der Waals surface area contributed by atoms with Gasteiger partial charge in [-0.15, -0.1) is 0 Å². The van der Waals surface area contributed by atoms with Crippen molar-refractivity contribution in [3.63, 3.8) is 0 Å². The number of ether oxygens (including phenoxy) is 1. The van der Waals surface area contributed by atoms with Crippen molar-refractivity contribution >= 4 is 28.2 Å². The van der Waals surface area contributed by atoms with Crippen LogP contribution in [0.1, 0.15) is 0 Å². The molecule has 98 valence electrons. The van der Waals surface area contributed by atoms with Crippen LogP contribution in [-0.4, -0.2) is 56.0 Å². The van der Waals surface area contributed by atoms with E-state index in [-0.39, 0.29) is 4.31 Å². The summed E-state index contributed by atoms with van der Waals surface area (Å²) in [6, 6.07) is 0. The first-order valence-electron chi connectivity index (χ1n) is 4.05. The minimum atomic E-state index is -4.50. The topological polar surface area (TPSA) is 156 Å². The molecule has 0 heterocycles. The lowest BCUT2D eigenvalue weighted by molar-refractivity contribution is -0.137. The van der Waals surface area contributed by atoms with Gasteiger partial charge in [0.1, 0.15) is 6.54 Å². The molecule has 11 heteroatoms. The van der Waals surface area contributed by atoms with Gasteiger partial charge in [-0.1, -0.05) is 0 Å². The largest absolute Gasteiger partial charge is 0.480 e. The number of carbonyl (C=O) groups is 3. The number of hydrogen-bond donors (Lipinski definition) is 3. The SMILES string of the molecule is COC(=O)NS(=O)(=O)N(CC(N)=O)CC(=O)O. The average Bonchev–Trinajstić information content (AvgIpc) is 2.14. The molecule has 0 saturated carbocycles. The van der Waals surface area contributed by atoms with Gasteiger partial charge < -0.3 is 15.6 Å². The Hall–Kier alpha value is -1.88. The van der Waals surface area contributed by atoms with E-state index >= 15 is 0 Å². The van der Waals surface area contributed by atoms with Crippen molar-refractivity contribution in [1.82, 2.24) is 9.03 Å². The van der Waals surface area contributed by atoms with Crippen LogP contribution < -0.4 is 10.5 Å². The molecule has 0 saturated heterocycles. The fourth-order valence-corrected chi connectivity index (χ4v) is 1.76. The van der Waals surface area contributed by atoms with Crippen molar-refractivity contribution in [2.75, 3.05) is 20.2 Å². The summed E-state index contributed by atoms with van der Waals surface area (Å²) >= 11 is 0. The number of methoxy groups -OCH3 is 1. The first-order chi connectivity index (χ1) is 7.69. The molecule has 0 aromatic heterocycles. The minimum absolute atomic E-state index is 0.189. The highest BCUT2D eigenvalue weighted by Crippen LogP contribution is 1.97. The molecule has 0 aliphatic rings. The monoisotopic (exact) mass is 269 g/mol. The van der Waals surface area contributed by atoms with Gasteiger partial charge in [-0.25, -0.2) is 9.52 Å². The maximum Gasteiger partial charge on any atom is 0.421 e. The van der Waals surface area contributed by atoms with Crippen molar-refractivity contribution in [3.05, 3.63) is 0 Å². The third kappa shape index (κ3) is 5.67. The lowest BCUT2D eigenvalue weighted by Gasteiger charge is -2.18. The smallest absolute Gasteiger partial charge is 0.421 e. The lowest BCUT2D eigenvalue weighted by atomic mass is 10.5. The second kappa shape index (κ2) is 6.00. The van der Waals surface area contributed by atoms with Crippen molar-refractivity contribution in [2.24, 2.45) is 5.73 Å². The summed E-state index contributed by atoms with van der Waals surface area (Å²) in [5.41, 5.74) is 4.75. The van der Waals surface area contributed by atoms with Gasteiger partial charge in [0, 0.05) is 0 Å². The number of aliphatic carboxylic acids is 1. The molecule has 17 heavy (non-hydrogen) atoms. The Labute approximate surface area is 96.5 Å². The van der Waals surface area contributed by atoms with Crippen molar-refractivity contribution in [2.45, 2.75) is 0 Å². The summed E-state index contributed by atoms with van der Waals surface area (Å²) in [6.45, 7) is -1.89. The summed E-state index contributed by atoms with van der Waals surface area (Å²) in [6.07, 6.45) is -1.31. The van der Waals surface area contributed by atoms with Crippen LogP contribution in [0.3, 0.4) is 0 Å². The maximum absolute atomic E-state index is 11.4. The number of nitrogens with zero attached hydrogens (tertiary/aromatic N) is 1. The predicted molar refractivity (Wildman–Crippen MR) is 52.9 cm³/mol. The van der Waals surface area contributed by atoms with Crippen LogP contribution in [0.2, 0.25) is 0 Å². The molecule has 2 amide bonds. The van der Waals surface area contributed by atoms with Gasteiger partial charge in [0.25, 0.3) is 0 Å². The summed E-state index contributed by atoms with van der Waals surface area (Å²) in [7, 11) is -3.58. The minimum Gasteiger partial charge on any atom is -0.480 e. The normalized spacial score (nSPS) is 10.9. The molecule has 4 N–H and O–H groups in total. The van der Waals surface area contributed by atoms with Crippen molar-refractivity contribution < 1.29 is 32.6 Å². The number of carbonyl (C=O) groups excluding carboxylic acids is 2. The Kier molecular flexibility index (Phi) is 5.34. The van der Waals surface area contributed by atoms with Gasteiger partial charge in [-0.2, -0.15) is 12.7 Å². The molecule has 0 aromatic rings. The zero-order valence-corrected chi connectivity index (χ0v) is 9.56. The Balaban J connectivity index is 4.94. The van der Waals surface area contributed by atoms with Crippen LogP contribution in [0.25, 0.3) is 0 Å². The number of amides is 2. The van der Waals surface area contributed by atoms with Gasteiger partial charge in [0.15, 0.2) is 0 Å². The highest BCUT2D eigenvalue weighted by Gasteiger charge is 2.28. The summed E-state index contributed by atoms with van der Waals surface area (Å²) < 4.78 is 28.4. The molecule has 10 nitrogen and oxygen atoms in total. The van der Waals surface area contributed by atoms with E-state index in [0.29, 0.717) is 0 Å². The molecular weight excluding hydrogens is 258 g/mol. The fourth-order valence-electron chi connectivity index (χ4n) is 0.762. The lowest BCUT2D eigenvalue weighted by Crippen LogP contribution is -2.48. The first kappa shape index (κ1) is 15.1. The highest BCUT2D eigenvalue weighted by atomic mass is 32.2. The quantitative estimate of drug-likeness (QED) is 0.479. The third-order valence-electron chi connectivity index (χ3n) is 1.38. The molecule has 0 spiro atoms. The van der Waals surface area contributed by atoms with E-state index in [0.717, 1.165) is 7.11 Å². The second-order valence-electron chi connectivity index (χ2n) is 2.73. The molecule has 0 atom stereocenters. The van der Waals surface area contributed by atoms with Gasteiger partial charge in [0.2, 0.25) is 5.91 Å². The standard InChI is InChI=1S/C6H11N3O7S/c1-16-6(13)8-17(14,15)9(2-4(7)10)3-5(11)12/h2-3H2,1H3,(H2,7,10)(H,8,13)(H,11,12). The average molecular weight is 269 g/mol. The van der Waals surface area contributed by atoms with E-state index in [1.54, 1.807) is 0 Å². The predicted octanol–water partition coefficient (Wildman–Crippen LogP) is -2.54. The number of carboxylic acids is 1. The zero-order valence-electron chi connectivity index (χ0n) is 8.74. The number of nitrogens with one attached hydrogen (secondary N) is 1. The molecule has 0 radical (unpaired) electrons. The molecule has 0 aromatic carbocycles. The molecule has 0 fully saturated rings. The number of rotatable bonds is 6. The van der Waals surface area contributed by atoms with Crippen LogP contribution in [-0.2, 0) is 24.5 Å². The maximum atomic E-state index is 11.4. The molecule has 0 unspecified atom stereocenters. The summed E-state index contributed by atoms with van der Waals surface area (Å²) in [4.78, 5) is 31.7. The fraction of sp³-hybridized carbons (Fsp3) is 0.500. The molecular formula is C6H11N3O7S. The molecule has 0 aliphatic heterocycles. The number of hydrogen-bond acceptors (Lipinski definition) is 6. The number of primary amides is 1. The zero-order chi connectivity index (χ0) is 13.6. The Morgan fingerprint density at radius 1 is 1.35 bits per heavy atom.